The molecule has 20 heteroatoms. The molecule has 1 N–H and O–H groups in total. The molecule has 8 atom stereocenters. The van der Waals surface area contributed by atoms with Gasteiger partial charge < -0.3 is 23.1 Å². The second kappa shape index (κ2) is 18.7. The Morgan fingerprint density at radius 2 is 1.21 bits per heavy atom. The van der Waals surface area contributed by atoms with Crippen LogP contribution in [0.5, 0.6) is 11.6 Å². The van der Waals surface area contributed by atoms with E-state index in [1.807, 2.05) is 59.7 Å². The Hall–Kier alpha value is -4.53. The minimum Gasteiger partial charge on any atom is -0.438 e. The third kappa shape index (κ3) is 10.1. The van der Waals surface area contributed by atoms with Gasteiger partial charge in [-0.25, -0.2) is 9.59 Å². The molecule has 2 saturated heterocycles. The number of aromatic amines is 1. The van der Waals surface area contributed by atoms with Crippen LogP contribution in [-0.4, -0.2) is 59.4 Å². The highest BCUT2D eigenvalue weighted by Gasteiger charge is 2.57. The number of hydrogen-bond acceptors (Lipinski definition) is 11. The summed E-state index contributed by atoms with van der Waals surface area (Å²) in [4.78, 5) is 49.5. The number of aryl methyl sites for hydroxylation is 2. The van der Waals surface area contributed by atoms with Gasteiger partial charge in [-0.3, -0.25) is 18.9 Å². The number of nitrogens with zero attached hydrogens (tertiary/aromatic N) is 9. The first-order chi connectivity index (χ1) is 28.6. The van der Waals surface area contributed by atoms with Crippen molar-refractivity contribution < 1.29 is 23.1 Å². The van der Waals surface area contributed by atoms with Gasteiger partial charge in [-0.2, -0.15) is 4.98 Å². The highest BCUT2D eigenvalue weighted by molar-refractivity contribution is 6.74. The second-order valence-electron chi connectivity index (χ2n) is 19.4. The van der Waals surface area contributed by atoms with Gasteiger partial charge in [-0.15, -0.1) is 0 Å². The lowest BCUT2D eigenvalue weighted by molar-refractivity contribution is -0.0918. The van der Waals surface area contributed by atoms with Crippen LogP contribution in [0.4, 0.5) is 0 Å². The molecule has 3 aromatic rings. The number of hydrogen-bond donors (Lipinski definition) is 1. The molecule has 18 nitrogen and oxygen atoms in total. The first kappa shape index (κ1) is 50.1. The molecule has 0 spiro atoms. The minimum absolute atomic E-state index is 0.0524. The van der Waals surface area contributed by atoms with E-state index in [9.17, 15) is 19.9 Å². The third-order valence-electron chi connectivity index (χ3n) is 13.4. The second-order valence-corrected chi connectivity index (χ2v) is 28.9. The van der Waals surface area contributed by atoms with Gasteiger partial charge in [0.05, 0.1) is 12.2 Å². The van der Waals surface area contributed by atoms with Crippen molar-refractivity contribution in [1.29, 1.82) is 0 Å². The molecule has 0 radical (unpaired) electrons. The standard InChI is InChI=1S/C25H37N5O4Si.C17H29N5O4Si/c1-10-25(28-29-26)18(4)21(34-35(8,9)24(5,6)7)22(33-25)30-15-14-19(27-23(30)31)32-20-16(2)12-11-13-17(20)3;1-8-17(20-21-18)11(2)13(26-27(6,7)16(3,4)5)14(25-17)22-10-9-12(23)19-15(22)24/h11-15,18,21-22H,10H2,1-9H3;9-11,13-14H,8H2,1-7H3,(H,19,23,24)/t18-,21?,22-,25-;11-,13?,14-,17-/m11/s1. The van der Waals surface area contributed by atoms with Crippen molar-refractivity contribution in [2.75, 3.05) is 0 Å². The van der Waals surface area contributed by atoms with Crippen LogP contribution in [0.2, 0.25) is 36.3 Å². The van der Waals surface area contributed by atoms with Gasteiger partial charge >= 0.3 is 11.4 Å². The number of H-pyrrole nitrogens is 1. The molecule has 2 fully saturated rings. The van der Waals surface area contributed by atoms with E-state index in [0.717, 1.165) is 11.1 Å². The lowest BCUT2D eigenvalue weighted by atomic mass is 9.93. The van der Waals surface area contributed by atoms with Crippen LogP contribution >= 0.6 is 0 Å². The maximum atomic E-state index is 13.2. The van der Waals surface area contributed by atoms with Crippen molar-refractivity contribution in [2.24, 2.45) is 22.1 Å². The molecule has 0 saturated carbocycles. The summed E-state index contributed by atoms with van der Waals surface area (Å²) in [6, 6.07) is 8.75. The van der Waals surface area contributed by atoms with Crippen LogP contribution in [0.1, 0.15) is 106 Å². The average molecular weight is 895 g/mol. The fraction of sp³-hybridized carbons (Fsp3) is 0.667. The number of aromatic nitrogens is 4. The van der Waals surface area contributed by atoms with Crippen LogP contribution in [0, 0.1) is 25.7 Å². The quantitative estimate of drug-likeness (QED) is 0.0787. The van der Waals surface area contributed by atoms with Crippen LogP contribution in [0.25, 0.3) is 20.9 Å². The maximum absolute atomic E-state index is 13.2. The maximum Gasteiger partial charge on any atom is 0.353 e. The van der Waals surface area contributed by atoms with Gasteiger partial charge in [0.2, 0.25) is 5.88 Å². The number of azide groups is 2. The zero-order valence-corrected chi connectivity index (χ0v) is 41.2. The van der Waals surface area contributed by atoms with E-state index in [2.05, 4.69) is 97.8 Å². The van der Waals surface area contributed by atoms with E-state index in [4.69, 9.17) is 28.6 Å². The SMILES string of the molecule is CC[C@@]1(N=[N+]=[N-])O[C@@H](n2ccc(=O)[nH]c2=O)C(O[Si](C)(C)C(C)(C)C)[C@H]1C.CC[C@@]1(N=[N+]=[N-])O[C@@H](n2ccc(Oc3c(C)cccc3C)nc2=O)C(O[Si](C)(C)C(C)(C)C)[C@H]1C. The zero-order chi connectivity index (χ0) is 46.8. The molecule has 5 rings (SSSR count). The topological polar surface area (TPSA) is 233 Å². The van der Waals surface area contributed by atoms with E-state index in [-0.39, 0.29) is 27.8 Å². The van der Waals surface area contributed by atoms with E-state index in [1.54, 1.807) is 12.3 Å². The normalized spacial score (nSPS) is 26.5. The summed E-state index contributed by atoms with van der Waals surface area (Å²) < 4.78 is 34.5. The first-order valence-electron chi connectivity index (χ1n) is 21.1. The van der Waals surface area contributed by atoms with Crippen LogP contribution in [0.3, 0.4) is 0 Å². The summed E-state index contributed by atoms with van der Waals surface area (Å²) in [7, 11) is -4.47. The molecule has 2 unspecified atom stereocenters. The van der Waals surface area contributed by atoms with Gasteiger partial charge in [0.1, 0.15) is 5.75 Å². The summed E-state index contributed by atoms with van der Waals surface area (Å²) in [5.41, 5.74) is 16.4. The van der Waals surface area contributed by atoms with Crippen molar-refractivity contribution in [3.63, 3.8) is 0 Å². The molecular formula is C42H66N10O8Si2. The highest BCUT2D eigenvalue weighted by Crippen LogP contribution is 2.50. The molecule has 0 aliphatic carbocycles. The van der Waals surface area contributed by atoms with Crippen molar-refractivity contribution in [2.45, 2.75) is 168 Å². The van der Waals surface area contributed by atoms with E-state index < -0.39 is 69.7 Å². The molecular weight excluding hydrogens is 829 g/mol. The predicted octanol–water partition coefficient (Wildman–Crippen LogP) is 10.1. The van der Waals surface area contributed by atoms with Crippen molar-refractivity contribution in [3.8, 4) is 11.6 Å². The van der Waals surface area contributed by atoms with E-state index in [1.165, 1.54) is 21.4 Å². The Bertz CT molecular complexity index is 2340. The Labute approximate surface area is 365 Å². The van der Waals surface area contributed by atoms with Crippen LogP contribution in [-0.2, 0) is 18.3 Å². The molecule has 340 valence electrons. The number of para-hydroxylation sites is 1. The predicted molar refractivity (Wildman–Crippen MR) is 243 cm³/mol. The van der Waals surface area contributed by atoms with Gasteiger partial charge in [0, 0.05) is 46.2 Å². The highest BCUT2D eigenvalue weighted by atomic mass is 28.4. The fourth-order valence-corrected chi connectivity index (χ4v) is 9.94. The van der Waals surface area contributed by atoms with Gasteiger partial charge in [-0.05, 0) is 85.1 Å². The van der Waals surface area contributed by atoms with E-state index in [0.29, 0.717) is 18.6 Å². The van der Waals surface area contributed by atoms with Gasteiger partial charge in [0.15, 0.2) is 40.5 Å². The van der Waals surface area contributed by atoms with Crippen LogP contribution < -0.4 is 21.7 Å². The summed E-state index contributed by atoms with van der Waals surface area (Å²) in [6.45, 7) is 32.9. The third-order valence-corrected chi connectivity index (χ3v) is 22.3. The molecule has 0 bridgehead atoms. The molecule has 62 heavy (non-hydrogen) atoms. The fourth-order valence-electron chi connectivity index (χ4n) is 7.23. The molecule has 2 aromatic heterocycles. The molecule has 4 heterocycles. The minimum atomic E-state index is -2.25. The van der Waals surface area contributed by atoms with Crippen molar-refractivity contribution in [3.05, 3.63) is 106 Å². The summed E-state index contributed by atoms with van der Waals surface area (Å²) in [5.74, 6) is 0.320. The zero-order valence-electron chi connectivity index (χ0n) is 39.2. The lowest BCUT2D eigenvalue weighted by Crippen LogP contribution is -2.48. The first-order valence-corrected chi connectivity index (χ1v) is 26.9. The molecule has 2 aliphatic heterocycles. The smallest absolute Gasteiger partial charge is 0.353 e. The largest absolute Gasteiger partial charge is 0.438 e. The number of rotatable bonds is 12. The summed E-state index contributed by atoms with van der Waals surface area (Å²) in [6.07, 6.45) is 1.29. The number of benzene rings is 1. The summed E-state index contributed by atoms with van der Waals surface area (Å²) >= 11 is 0. The Morgan fingerprint density at radius 3 is 1.60 bits per heavy atom. The molecule has 2 aliphatic rings. The Balaban J connectivity index is 0.000000282. The lowest BCUT2D eigenvalue weighted by Gasteiger charge is -2.40. The van der Waals surface area contributed by atoms with Crippen molar-refractivity contribution in [1.82, 2.24) is 19.1 Å². The Kier molecular flexibility index (Phi) is 15.1. The number of ether oxygens (including phenoxy) is 3. The van der Waals surface area contributed by atoms with E-state index >= 15 is 0 Å². The number of nitrogens with one attached hydrogen (secondary N) is 1. The molecule has 0 amide bonds. The van der Waals surface area contributed by atoms with Gasteiger partial charge in [0.25, 0.3) is 5.56 Å². The summed E-state index contributed by atoms with van der Waals surface area (Å²) in [5, 5.41) is 7.85. The Morgan fingerprint density at radius 1 is 0.774 bits per heavy atom. The van der Waals surface area contributed by atoms with Crippen molar-refractivity contribution >= 4 is 16.6 Å². The van der Waals surface area contributed by atoms with Gasteiger partial charge in [-0.1, -0.05) is 97.7 Å². The monoisotopic (exact) mass is 894 g/mol. The molecule has 1 aromatic carbocycles. The average Bonchev–Trinajstić information content (AvgIpc) is 3.58. The van der Waals surface area contributed by atoms with Crippen LogP contribution in [0.15, 0.2) is 67.3 Å².